The van der Waals surface area contributed by atoms with E-state index in [2.05, 4.69) is 66.3 Å². The molecule has 26 nitrogen and oxygen atoms in total. The number of thioether (sulfide) groups is 1. The molecule has 0 fully saturated rings. The summed E-state index contributed by atoms with van der Waals surface area (Å²) in [7, 11) is -8.22. The number of fused-ring (bicyclic) bond motifs is 2. The Morgan fingerprint density at radius 2 is 1.05 bits per heavy atom. The molecule has 0 aliphatic heterocycles. The number of benzene rings is 4. The maximum atomic E-state index is 13.2. The molecule has 0 aliphatic carbocycles. The van der Waals surface area contributed by atoms with Crippen molar-refractivity contribution in [2.24, 2.45) is 20.5 Å². The third kappa shape index (κ3) is 12.7. The van der Waals surface area contributed by atoms with Crippen LogP contribution in [0.2, 0.25) is 0 Å². The van der Waals surface area contributed by atoms with Gasteiger partial charge in [-0.2, -0.15) is 52.6 Å². The van der Waals surface area contributed by atoms with E-state index in [0.29, 0.717) is 49.1 Å². The number of hydrogen-bond donors (Lipinski definition) is 5. The molecule has 0 unspecified atom stereocenters. The van der Waals surface area contributed by atoms with Crippen molar-refractivity contribution in [3.8, 4) is 23.0 Å². The second-order valence-electron chi connectivity index (χ2n) is 15.4. The second-order valence-corrected chi connectivity index (χ2v) is 22.8. The molecule has 7 rings (SSSR count). The van der Waals surface area contributed by atoms with Crippen molar-refractivity contribution < 1.29 is 56.9 Å². The zero-order valence-corrected chi connectivity index (χ0v) is 47.4. The van der Waals surface area contributed by atoms with E-state index in [1.54, 1.807) is 30.3 Å². The highest BCUT2D eigenvalue weighted by molar-refractivity contribution is 8.00. The Bertz CT molecular complexity index is 3690. The maximum absolute atomic E-state index is 13.2. The zero-order chi connectivity index (χ0) is 55.1. The van der Waals surface area contributed by atoms with E-state index < -0.39 is 41.0 Å². The normalized spacial score (nSPS) is 12.2. The molecule has 0 saturated heterocycles. The summed E-state index contributed by atoms with van der Waals surface area (Å²) in [6, 6.07) is 12.5. The number of methoxy groups -OCH3 is 4. The summed E-state index contributed by atoms with van der Waals surface area (Å²) in [5.74, 6) is -0.420. The number of nitrogens with zero attached hydrogens (tertiary/aromatic N) is 11. The van der Waals surface area contributed by atoms with Crippen LogP contribution in [0, 0.1) is 0 Å². The van der Waals surface area contributed by atoms with Crippen LogP contribution in [-0.2, 0) is 34.0 Å². The Kier molecular flexibility index (Phi) is 18.4. The fourth-order valence-corrected chi connectivity index (χ4v) is 12.8. The van der Waals surface area contributed by atoms with Gasteiger partial charge >= 0.3 is 10.1 Å². The van der Waals surface area contributed by atoms with Crippen molar-refractivity contribution in [2.75, 3.05) is 86.6 Å². The summed E-state index contributed by atoms with van der Waals surface area (Å²) in [5, 5.41) is 24.5. The maximum Gasteiger partial charge on any atom is 0.312 e. The summed E-state index contributed by atoms with van der Waals surface area (Å²) in [4.78, 5) is 17.0. The summed E-state index contributed by atoms with van der Waals surface area (Å²) in [6.45, 7) is 10.1. The molecule has 4 N–H and O–H groups in total. The SMILES string of the molecule is CCN(CC)c1cc(Nc2nc(Nc3cc(N(CC)CC)c(OC)cc3/N=N/c3snc4ccc(OC)c(S(=O)(=O)OS)c34)nc(SCCS(=O)(=O)O)n2)c(/N=N/c2snc3ccc(OC)c(S(=O)(=O)O)c23)cc1OC. The molecule has 3 aromatic heterocycles. The van der Waals surface area contributed by atoms with Crippen LogP contribution >= 0.6 is 47.7 Å². The number of anilines is 6. The zero-order valence-electron chi connectivity index (χ0n) is 41.6. The lowest BCUT2D eigenvalue weighted by molar-refractivity contribution is 0.399. The van der Waals surface area contributed by atoms with Gasteiger partial charge in [-0.3, -0.25) is 9.11 Å². The Morgan fingerprint density at radius 3 is 1.45 bits per heavy atom. The monoisotopic (exact) mass is 1180 g/mol. The number of rotatable bonds is 25. The third-order valence-corrected chi connectivity index (χ3v) is 17.0. The van der Waals surface area contributed by atoms with Crippen molar-refractivity contribution in [1.29, 1.82) is 0 Å². The van der Waals surface area contributed by atoms with Gasteiger partial charge in [-0.15, -0.1) is 20.5 Å². The van der Waals surface area contributed by atoms with Crippen LogP contribution in [-0.4, -0.2) is 124 Å². The second kappa shape index (κ2) is 24.4. The number of thiol groups is 1. The molecule has 0 atom stereocenters. The van der Waals surface area contributed by atoms with Crippen LogP contribution in [0.25, 0.3) is 21.8 Å². The first-order valence-electron chi connectivity index (χ1n) is 22.4. The first-order chi connectivity index (χ1) is 36.2. The smallest absolute Gasteiger partial charge is 0.312 e. The van der Waals surface area contributed by atoms with Gasteiger partial charge < -0.3 is 39.4 Å². The first kappa shape index (κ1) is 57.4. The Hall–Kier alpha value is -6.30. The number of ether oxygens (including phenoxy) is 4. The molecule has 0 saturated carbocycles. The molecule has 7 aromatic rings. The van der Waals surface area contributed by atoms with E-state index in [9.17, 15) is 34.4 Å². The molecular weight excluding hydrogens is 1130 g/mol. The minimum Gasteiger partial charge on any atom is -0.495 e. The third-order valence-electron chi connectivity index (χ3n) is 11.1. The topological polar surface area (TPSA) is 333 Å². The van der Waals surface area contributed by atoms with Crippen LogP contribution in [0.15, 0.2) is 83.9 Å². The van der Waals surface area contributed by atoms with Gasteiger partial charge in [0.25, 0.3) is 20.2 Å². The molecule has 0 bridgehead atoms. The summed E-state index contributed by atoms with van der Waals surface area (Å²) >= 11 is 6.17. The van der Waals surface area contributed by atoms with E-state index >= 15 is 0 Å². The van der Waals surface area contributed by atoms with Gasteiger partial charge in [0.05, 0.1) is 78.7 Å². The van der Waals surface area contributed by atoms with E-state index in [1.165, 1.54) is 46.6 Å². The van der Waals surface area contributed by atoms with Gasteiger partial charge in [-0.05, 0) is 100 Å². The molecule has 0 aliphatic rings. The Morgan fingerprint density at radius 1 is 0.618 bits per heavy atom. The lowest BCUT2D eigenvalue weighted by atomic mass is 10.2. The van der Waals surface area contributed by atoms with E-state index in [4.69, 9.17) is 23.9 Å². The summed E-state index contributed by atoms with van der Waals surface area (Å²) < 4.78 is 131. The molecule has 0 spiro atoms. The standard InChI is InChI=1S/C43H49N13O13S7/c1-9-55(10-2)29-19-25(27(21-33(29)67-7)49-51-39-35-23(53-72-39)13-15-31(65-5)37(35)75(60,61)62)44-41-46-42(48-43(47-41)71-17-18-74(57,58)59)45-26-20-30(56(11-3)12-4)34(68-8)22-28(26)50-52-40-36-24(54-73-40)14-16-32(66-6)38(36)76(63,64)69-70/h13-16,19-22,70H,9-12,17-18H2,1-8H3,(H,57,58,59)(H,60,61,62)(H2,44,45,46,47,48)/b51-49+,52-50+. The van der Waals surface area contributed by atoms with Crippen LogP contribution in [0.4, 0.5) is 56.0 Å². The van der Waals surface area contributed by atoms with Crippen LogP contribution < -0.4 is 39.4 Å². The fourth-order valence-electron chi connectivity index (χ4n) is 7.59. The van der Waals surface area contributed by atoms with Crippen LogP contribution in [0.3, 0.4) is 0 Å². The number of nitrogens with one attached hydrogen (secondary N) is 2. The van der Waals surface area contributed by atoms with Gasteiger partial charge in [0.1, 0.15) is 44.2 Å². The van der Waals surface area contributed by atoms with Crippen molar-refractivity contribution in [1.82, 2.24) is 23.7 Å². The van der Waals surface area contributed by atoms with Gasteiger partial charge in [-0.25, -0.2) is 0 Å². The molecule has 33 heteroatoms. The highest BCUT2D eigenvalue weighted by Gasteiger charge is 2.29. The van der Waals surface area contributed by atoms with E-state index in [-0.39, 0.29) is 93.8 Å². The van der Waals surface area contributed by atoms with Crippen molar-refractivity contribution in [2.45, 2.75) is 42.6 Å². The minimum absolute atomic E-state index is 0.00185. The average molecular weight is 1180 g/mol. The predicted molar refractivity (Wildman–Crippen MR) is 294 cm³/mol. The van der Waals surface area contributed by atoms with Crippen molar-refractivity contribution in [3.05, 3.63) is 48.5 Å². The van der Waals surface area contributed by atoms with Crippen LogP contribution in [0.1, 0.15) is 27.7 Å². The molecule has 0 radical (unpaired) electrons. The number of azo groups is 2. The lowest BCUT2D eigenvalue weighted by Crippen LogP contribution is -2.22. The van der Waals surface area contributed by atoms with Gasteiger partial charge in [-0.1, -0.05) is 11.8 Å². The Balaban J connectivity index is 1.40. The minimum atomic E-state index is -4.85. The number of aromatic nitrogens is 5. The first-order valence-corrected chi connectivity index (χ1v) is 29.7. The predicted octanol–water partition coefficient (Wildman–Crippen LogP) is 9.91. The molecule has 4 aromatic carbocycles. The van der Waals surface area contributed by atoms with Crippen molar-refractivity contribution >= 4 is 156 Å². The van der Waals surface area contributed by atoms with E-state index in [0.717, 1.165) is 34.8 Å². The van der Waals surface area contributed by atoms with Gasteiger partial charge in [0.2, 0.25) is 11.9 Å². The fraction of sp³-hybridized carbons (Fsp3) is 0.326. The highest BCUT2D eigenvalue weighted by atomic mass is 32.3. The van der Waals surface area contributed by atoms with Gasteiger partial charge in [0, 0.05) is 44.1 Å². The lowest BCUT2D eigenvalue weighted by Gasteiger charge is -2.25. The number of hydrogen-bond acceptors (Lipinski definition) is 28. The summed E-state index contributed by atoms with van der Waals surface area (Å²) in [6.07, 6.45) is 0. The van der Waals surface area contributed by atoms with E-state index in [1.807, 2.05) is 37.5 Å². The molecule has 406 valence electrons. The van der Waals surface area contributed by atoms with Crippen LogP contribution in [0.5, 0.6) is 23.0 Å². The molecular formula is C43H49N13O13S7. The average Bonchev–Trinajstić information content (AvgIpc) is 4.01. The highest BCUT2D eigenvalue weighted by Crippen LogP contribution is 2.46. The Labute approximate surface area is 454 Å². The molecule has 3 heterocycles. The largest absolute Gasteiger partial charge is 0.495 e. The summed E-state index contributed by atoms with van der Waals surface area (Å²) in [5.41, 5.74) is 2.51. The van der Waals surface area contributed by atoms with Crippen molar-refractivity contribution in [3.63, 3.8) is 0 Å². The molecule has 0 amide bonds. The molecule has 76 heavy (non-hydrogen) atoms. The quantitative estimate of drug-likeness (QED) is 0.0117. The van der Waals surface area contributed by atoms with Gasteiger partial charge in [0.15, 0.2) is 15.2 Å².